The summed E-state index contributed by atoms with van der Waals surface area (Å²) in [5.74, 6) is -1.97. The SMILES string of the molecule is Cc1ccc(NC(=O)C(CC(=O)O)NC(=O)OCC2c3ccccc3-c3ccccc32)cc1C. The molecule has 0 heterocycles. The molecule has 1 aliphatic rings. The molecule has 3 N–H and O–H groups in total. The fourth-order valence-corrected chi connectivity index (χ4v) is 4.21. The highest BCUT2D eigenvalue weighted by atomic mass is 16.5. The summed E-state index contributed by atoms with van der Waals surface area (Å²) in [7, 11) is 0. The molecule has 0 saturated carbocycles. The Balaban J connectivity index is 1.43. The lowest BCUT2D eigenvalue weighted by atomic mass is 9.98. The van der Waals surface area contributed by atoms with Crippen LogP contribution >= 0.6 is 0 Å². The fraction of sp³-hybridized carbons (Fsp3) is 0.222. The van der Waals surface area contributed by atoms with E-state index in [1.165, 1.54) is 0 Å². The summed E-state index contributed by atoms with van der Waals surface area (Å²) in [5, 5.41) is 14.3. The number of hydrogen-bond donors (Lipinski definition) is 3. The van der Waals surface area contributed by atoms with Crippen LogP contribution in [0.4, 0.5) is 10.5 Å². The molecule has 4 rings (SSSR count). The average molecular weight is 459 g/mol. The van der Waals surface area contributed by atoms with E-state index < -0.39 is 30.4 Å². The number of ether oxygens (including phenoxy) is 1. The molecule has 7 nitrogen and oxygen atoms in total. The summed E-state index contributed by atoms with van der Waals surface area (Å²) in [6.07, 6.45) is -1.41. The number of carbonyl (C=O) groups is 3. The van der Waals surface area contributed by atoms with Crippen molar-refractivity contribution in [3.05, 3.63) is 89.0 Å². The molecule has 0 bridgehead atoms. The highest BCUT2D eigenvalue weighted by Crippen LogP contribution is 2.44. The van der Waals surface area contributed by atoms with Gasteiger partial charge in [-0.1, -0.05) is 54.6 Å². The van der Waals surface area contributed by atoms with Crippen LogP contribution in [0.25, 0.3) is 11.1 Å². The Morgan fingerprint density at radius 3 is 2.12 bits per heavy atom. The zero-order valence-corrected chi connectivity index (χ0v) is 19.0. The summed E-state index contributed by atoms with van der Waals surface area (Å²) in [4.78, 5) is 36.6. The largest absolute Gasteiger partial charge is 0.481 e. The third kappa shape index (κ3) is 4.93. The average Bonchev–Trinajstić information content (AvgIpc) is 3.13. The first-order valence-corrected chi connectivity index (χ1v) is 11.0. The van der Waals surface area contributed by atoms with Crippen molar-refractivity contribution in [2.45, 2.75) is 32.2 Å². The highest BCUT2D eigenvalue weighted by molar-refractivity contribution is 5.98. The van der Waals surface area contributed by atoms with E-state index in [1.807, 2.05) is 68.4 Å². The first-order chi connectivity index (χ1) is 16.3. The number of rotatable bonds is 7. The Morgan fingerprint density at radius 1 is 0.912 bits per heavy atom. The van der Waals surface area contributed by atoms with Crippen molar-refractivity contribution in [2.75, 3.05) is 11.9 Å². The standard InChI is InChI=1S/C27H26N2O5/c1-16-11-12-18(13-17(16)2)28-26(32)24(14-25(30)31)29-27(33)34-15-23-21-9-5-3-7-19(21)20-8-4-6-10-22(20)23/h3-13,23-24H,14-15H2,1-2H3,(H,28,32)(H,29,33)(H,30,31). The van der Waals surface area contributed by atoms with Crippen LogP contribution < -0.4 is 10.6 Å². The van der Waals surface area contributed by atoms with Gasteiger partial charge in [-0.15, -0.1) is 0 Å². The Morgan fingerprint density at radius 2 is 1.53 bits per heavy atom. The number of anilines is 1. The van der Waals surface area contributed by atoms with Crippen LogP contribution in [0.3, 0.4) is 0 Å². The summed E-state index contributed by atoms with van der Waals surface area (Å²) < 4.78 is 5.46. The van der Waals surface area contributed by atoms with Crippen LogP contribution in [0.1, 0.15) is 34.6 Å². The van der Waals surface area contributed by atoms with E-state index in [2.05, 4.69) is 10.6 Å². The lowest BCUT2D eigenvalue weighted by molar-refractivity contribution is -0.139. The molecule has 3 aromatic carbocycles. The summed E-state index contributed by atoms with van der Waals surface area (Å²) >= 11 is 0. The normalized spacial score (nSPS) is 12.9. The van der Waals surface area contributed by atoms with Gasteiger partial charge in [0.15, 0.2) is 0 Å². The molecule has 1 unspecified atom stereocenters. The maximum Gasteiger partial charge on any atom is 0.407 e. The first-order valence-electron chi connectivity index (χ1n) is 11.0. The molecule has 0 radical (unpaired) electrons. The Labute approximate surface area is 197 Å². The van der Waals surface area contributed by atoms with Gasteiger partial charge in [0.25, 0.3) is 0 Å². The van der Waals surface area contributed by atoms with Crippen LogP contribution in [0, 0.1) is 13.8 Å². The second-order valence-corrected chi connectivity index (χ2v) is 8.41. The number of carboxylic acid groups (broad SMARTS) is 1. The molecule has 0 saturated heterocycles. The topological polar surface area (TPSA) is 105 Å². The molecule has 7 heteroatoms. The van der Waals surface area contributed by atoms with E-state index in [-0.39, 0.29) is 12.5 Å². The number of benzene rings is 3. The molecule has 0 aliphatic heterocycles. The third-order valence-electron chi connectivity index (χ3n) is 6.11. The summed E-state index contributed by atoms with van der Waals surface area (Å²) in [6.45, 7) is 3.93. The number of aryl methyl sites for hydroxylation is 2. The van der Waals surface area contributed by atoms with Gasteiger partial charge < -0.3 is 20.5 Å². The number of carbonyl (C=O) groups excluding carboxylic acids is 2. The molecule has 0 spiro atoms. The van der Waals surface area contributed by atoms with Crippen molar-refractivity contribution in [3.8, 4) is 11.1 Å². The fourth-order valence-electron chi connectivity index (χ4n) is 4.21. The Bertz CT molecular complexity index is 1210. The molecule has 0 aromatic heterocycles. The minimum Gasteiger partial charge on any atom is -0.481 e. The van der Waals surface area contributed by atoms with Gasteiger partial charge in [0.1, 0.15) is 12.6 Å². The van der Waals surface area contributed by atoms with Crippen molar-refractivity contribution in [1.29, 1.82) is 0 Å². The molecule has 0 fully saturated rings. The third-order valence-corrected chi connectivity index (χ3v) is 6.11. The van der Waals surface area contributed by atoms with Crippen LogP contribution in [-0.2, 0) is 14.3 Å². The lowest BCUT2D eigenvalue weighted by Gasteiger charge is -2.19. The molecule has 174 valence electrons. The quantitative estimate of drug-likeness (QED) is 0.479. The number of hydrogen-bond acceptors (Lipinski definition) is 4. The summed E-state index contributed by atoms with van der Waals surface area (Å²) in [5.41, 5.74) is 6.90. The van der Waals surface area contributed by atoms with E-state index in [0.717, 1.165) is 33.4 Å². The molecule has 1 aliphatic carbocycles. The van der Waals surface area contributed by atoms with Crippen molar-refractivity contribution >= 4 is 23.7 Å². The monoisotopic (exact) mass is 458 g/mol. The minimum atomic E-state index is -1.28. The van der Waals surface area contributed by atoms with Crippen molar-refractivity contribution in [2.24, 2.45) is 0 Å². The van der Waals surface area contributed by atoms with Crippen molar-refractivity contribution in [1.82, 2.24) is 5.32 Å². The van der Waals surface area contributed by atoms with Gasteiger partial charge in [-0.05, 0) is 59.4 Å². The number of nitrogens with one attached hydrogen (secondary N) is 2. The van der Waals surface area contributed by atoms with Crippen LogP contribution in [-0.4, -0.2) is 35.7 Å². The maximum absolute atomic E-state index is 12.7. The molecule has 1 atom stereocenters. The van der Waals surface area contributed by atoms with E-state index in [1.54, 1.807) is 12.1 Å². The van der Waals surface area contributed by atoms with Crippen molar-refractivity contribution in [3.63, 3.8) is 0 Å². The highest BCUT2D eigenvalue weighted by Gasteiger charge is 2.30. The number of fused-ring (bicyclic) bond motifs is 3. The van der Waals surface area contributed by atoms with E-state index in [9.17, 15) is 19.5 Å². The van der Waals surface area contributed by atoms with Gasteiger partial charge >= 0.3 is 12.1 Å². The van der Waals surface area contributed by atoms with Gasteiger partial charge in [-0.3, -0.25) is 9.59 Å². The molecular formula is C27H26N2O5. The van der Waals surface area contributed by atoms with Gasteiger partial charge in [-0.25, -0.2) is 4.79 Å². The van der Waals surface area contributed by atoms with Gasteiger partial charge in [0, 0.05) is 11.6 Å². The van der Waals surface area contributed by atoms with Crippen molar-refractivity contribution < 1.29 is 24.2 Å². The zero-order valence-electron chi connectivity index (χ0n) is 19.0. The number of aliphatic carboxylic acids is 1. The van der Waals surface area contributed by atoms with E-state index >= 15 is 0 Å². The van der Waals surface area contributed by atoms with Crippen LogP contribution in [0.5, 0.6) is 0 Å². The molecule has 34 heavy (non-hydrogen) atoms. The molecule has 3 aromatic rings. The molecular weight excluding hydrogens is 432 g/mol. The van der Waals surface area contributed by atoms with Gasteiger partial charge in [0.2, 0.25) is 5.91 Å². The predicted molar refractivity (Wildman–Crippen MR) is 129 cm³/mol. The second-order valence-electron chi connectivity index (χ2n) is 8.41. The maximum atomic E-state index is 12.7. The zero-order chi connectivity index (χ0) is 24.2. The minimum absolute atomic E-state index is 0.0679. The van der Waals surface area contributed by atoms with E-state index in [4.69, 9.17) is 4.74 Å². The Hall–Kier alpha value is -4.13. The lowest BCUT2D eigenvalue weighted by Crippen LogP contribution is -2.45. The number of carboxylic acids is 1. The predicted octanol–water partition coefficient (Wildman–Crippen LogP) is 4.62. The van der Waals surface area contributed by atoms with E-state index in [0.29, 0.717) is 5.69 Å². The van der Waals surface area contributed by atoms with Gasteiger partial charge in [-0.2, -0.15) is 0 Å². The van der Waals surface area contributed by atoms with Gasteiger partial charge in [0.05, 0.1) is 6.42 Å². The number of amides is 2. The number of alkyl carbamates (subject to hydrolysis) is 1. The summed E-state index contributed by atoms with van der Waals surface area (Å²) in [6, 6.07) is 20.0. The molecule has 2 amide bonds. The Kier molecular flexibility index (Phi) is 6.63. The van der Waals surface area contributed by atoms with Crippen LogP contribution in [0.2, 0.25) is 0 Å². The second kappa shape index (κ2) is 9.79. The first kappa shape index (κ1) is 23.0. The smallest absolute Gasteiger partial charge is 0.407 e. The van der Waals surface area contributed by atoms with Crippen LogP contribution in [0.15, 0.2) is 66.7 Å².